The van der Waals surface area contributed by atoms with Gasteiger partial charge in [-0.25, -0.2) is 4.39 Å². The summed E-state index contributed by atoms with van der Waals surface area (Å²) >= 11 is 3.58. The highest BCUT2D eigenvalue weighted by Crippen LogP contribution is 2.23. The Morgan fingerprint density at radius 3 is 2.52 bits per heavy atom. The van der Waals surface area contributed by atoms with Gasteiger partial charge < -0.3 is 4.74 Å². The molecule has 0 radical (unpaired) electrons. The molecule has 0 aliphatic carbocycles. The third-order valence-corrected chi connectivity index (χ3v) is 4.64. The quantitative estimate of drug-likeness (QED) is 0.670. The smallest absolute Gasteiger partial charge is 0.165 e. The molecule has 1 atom stereocenters. The Balaban J connectivity index is 2.09. The predicted molar refractivity (Wildman–Crippen MR) is 88.8 cm³/mol. The van der Waals surface area contributed by atoms with E-state index in [1.165, 1.54) is 18.2 Å². The number of rotatable bonds is 6. The molecule has 1 unspecified atom stereocenters. The van der Waals surface area contributed by atoms with Crippen molar-refractivity contribution in [1.82, 2.24) is 0 Å². The minimum Gasteiger partial charge on any atom is -0.494 e. The molecule has 2 aromatic carbocycles. The standard InChI is InChI=1S/C18H20BrFO/c1-13-5-3-4-6-16(13)10-15(12-19)9-14-7-8-18(21-2)17(20)11-14/h3-8,11,15H,9-10,12H2,1-2H3. The van der Waals surface area contributed by atoms with E-state index < -0.39 is 0 Å². The first kappa shape index (κ1) is 16.0. The molecule has 3 heteroatoms. The first-order valence-corrected chi connectivity index (χ1v) is 8.19. The summed E-state index contributed by atoms with van der Waals surface area (Å²) in [5.74, 6) is 0.450. The lowest BCUT2D eigenvalue weighted by Crippen LogP contribution is -2.11. The highest BCUT2D eigenvalue weighted by Gasteiger charge is 2.12. The Labute approximate surface area is 134 Å². The van der Waals surface area contributed by atoms with Gasteiger partial charge in [0.05, 0.1) is 7.11 Å². The van der Waals surface area contributed by atoms with E-state index in [1.54, 1.807) is 12.1 Å². The second kappa shape index (κ2) is 7.60. The molecule has 1 nitrogen and oxygen atoms in total. The van der Waals surface area contributed by atoms with E-state index in [1.807, 2.05) is 6.07 Å². The van der Waals surface area contributed by atoms with Crippen LogP contribution in [0, 0.1) is 18.7 Å². The molecule has 112 valence electrons. The zero-order valence-electron chi connectivity index (χ0n) is 12.4. The maximum absolute atomic E-state index is 13.8. The van der Waals surface area contributed by atoms with Gasteiger partial charge >= 0.3 is 0 Å². The molecule has 0 N–H and O–H groups in total. The average molecular weight is 351 g/mol. The molecule has 0 bridgehead atoms. The zero-order valence-corrected chi connectivity index (χ0v) is 14.0. The Morgan fingerprint density at radius 1 is 1.14 bits per heavy atom. The molecule has 2 aromatic rings. The van der Waals surface area contributed by atoms with Crippen LogP contribution >= 0.6 is 15.9 Å². The molecule has 2 rings (SSSR count). The van der Waals surface area contributed by atoms with Crippen LogP contribution in [0.3, 0.4) is 0 Å². The summed E-state index contributed by atoms with van der Waals surface area (Å²) in [4.78, 5) is 0. The Kier molecular flexibility index (Phi) is 5.80. The van der Waals surface area contributed by atoms with Gasteiger partial charge in [0.2, 0.25) is 0 Å². The topological polar surface area (TPSA) is 9.23 Å². The summed E-state index contributed by atoms with van der Waals surface area (Å²) in [7, 11) is 1.48. The fourth-order valence-electron chi connectivity index (χ4n) is 2.50. The van der Waals surface area contributed by atoms with E-state index in [9.17, 15) is 4.39 Å². The highest BCUT2D eigenvalue weighted by atomic mass is 79.9. The van der Waals surface area contributed by atoms with Crippen LogP contribution in [-0.4, -0.2) is 12.4 Å². The first-order valence-electron chi connectivity index (χ1n) is 7.07. The van der Waals surface area contributed by atoms with Crippen LogP contribution in [0.2, 0.25) is 0 Å². The van der Waals surface area contributed by atoms with Gasteiger partial charge in [-0.1, -0.05) is 46.3 Å². The third kappa shape index (κ3) is 4.31. The second-order valence-corrected chi connectivity index (χ2v) is 5.97. The van der Waals surface area contributed by atoms with E-state index in [0.717, 1.165) is 23.7 Å². The van der Waals surface area contributed by atoms with Crippen LogP contribution in [0.4, 0.5) is 4.39 Å². The lowest BCUT2D eigenvalue weighted by Gasteiger charge is -2.16. The molecule has 0 fully saturated rings. The molecular weight excluding hydrogens is 331 g/mol. The number of halogens is 2. The molecular formula is C18H20BrFO. The van der Waals surface area contributed by atoms with Crippen LogP contribution in [0.5, 0.6) is 5.75 Å². The molecule has 0 heterocycles. The van der Waals surface area contributed by atoms with Crippen molar-refractivity contribution in [1.29, 1.82) is 0 Å². The van der Waals surface area contributed by atoms with Crippen molar-refractivity contribution >= 4 is 15.9 Å². The Hall–Kier alpha value is -1.35. The highest BCUT2D eigenvalue weighted by molar-refractivity contribution is 9.09. The van der Waals surface area contributed by atoms with Gasteiger partial charge in [0.1, 0.15) is 0 Å². The minimum atomic E-state index is -0.292. The molecule has 0 aliphatic heterocycles. The molecule has 0 saturated carbocycles. The van der Waals surface area contributed by atoms with E-state index in [0.29, 0.717) is 11.7 Å². The summed E-state index contributed by atoms with van der Waals surface area (Å²) < 4.78 is 18.7. The van der Waals surface area contributed by atoms with Crippen molar-refractivity contribution in [2.45, 2.75) is 19.8 Å². The molecule has 0 saturated heterocycles. The van der Waals surface area contributed by atoms with Crippen molar-refractivity contribution in [3.8, 4) is 5.75 Å². The summed E-state index contributed by atoms with van der Waals surface area (Å²) in [5, 5.41) is 0.898. The molecule has 0 amide bonds. The number of ether oxygens (including phenoxy) is 1. The fraction of sp³-hybridized carbons (Fsp3) is 0.333. The second-order valence-electron chi connectivity index (χ2n) is 5.32. The summed E-state index contributed by atoms with van der Waals surface area (Å²) in [5.41, 5.74) is 3.67. The number of benzene rings is 2. The molecule has 0 spiro atoms. The monoisotopic (exact) mass is 350 g/mol. The van der Waals surface area contributed by atoms with Gasteiger partial charge in [-0.3, -0.25) is 0 Å². The summed E-state index contributed by atoms with van der Waals surface area (Å²) in [6.07, 6.45) is 1.84. The van der Waals surface area contributed by atoms with Gasteiger partial charge in [-0.15, -0.1) is 0 Å². The number of hydrogen-bond donors (Lipinski definition) is 0. The largest absolute Gasteiger partial charge is 0.494 e. The van der Waals surface area contributed by atoms with Crippen LogP contribution in [0.15, 0.2) is 42.5 Å². The number of methoxy groups -OCH3 is 1. The van der Waals surface area contributed by atoms with E-state index in [4.69, 9.17) is 4.74 Å². The van der Waals surface area contributed by atoms with Crippen LogP contribution in [-0.2, 0) is 12.8 Å². The maximum Gasteiger partial charge on any atom is 0.165 e. The lowest BCUT2D eigenvalue weighted by molar-refractivity contribution is 0.386. The molecule has 21 heavy (non-hydrogen) atoms. The van der Waals surface area contributed by atoms with Gasteiger partial charge in [0.15, 0.2) is 11.6 Å². The molecule has 0 aromatic heterocycles. The van der Waals surface area contributed by atoms with E-state index in [-0.39, 0.29) is 5.82 Å². The van der Waals surface area contributed by atoms with E-state index >= 15 is 0 Å². The van der Waals surface area contributed by atoms with Gasteiger partial charge in [-0.2, -0.15) is 0 Å². The summed E-state index contributed by atoms with van der Waals surface area (Å²) in [6, 6.07) is 13.6. The van der Waals surface area contributed by atoms with Crippen molar-refractivity contribution in [2.75, 3.05) is 12.4 Å². The van der Waals surface area contributed by atoms with Crippen molar-refractivity contribution in [3.63, 3.8) is 0 Å². The fourth-order valence-corrected chi connectivity index (χ4v) is 2.96. The van der Waals surface area contributed by atoms with Crippen molar-refractivity contribution in [2.24, 2.45) is 5.92 Å². The van der Waals surface area contributed by atoms with Crippen LogP contribution < -0.4 is 4.74 Å². The first-order chi connectivity index (χ1) is 10.1. The summed E-state index contributed by atoms with van der Waals surface area (Å²) in [6.45, 7) is 2.13. The normalized spacial score (nSPS) is 12.2. The van der Waals surface area contributed by atoms with Gasteiger partial charge in [0, 0.05) is 5.33 Å². The third-order valence-electron chi connectivity index (χ3n) is 3.73. The zero-order chi connectivity index (χ0) is 15.2. The predicted octanol–water partition coefficient (Wildman–Crippen LogP) is 4.94. The van der Waals surface area contributed by atoms with Gasteiger partial charge in [-0.05, 0) is 54.5 Å². The molecule has 0 aliphatic rings. The lowest BCUT2D eigenvalue weighted by atomic mass is 9.92. The number of aryl methyl sites for hydroxylation is 1. The Morgan fingerprint density at radius 2 is 1.90 bits per heavy atom. The van der Waals surface area contributed by atoms with Gasteiger partial charge in [0.25, 0.3) is 0 Å². The minimum absolute atomic E-state index is 0.292. The van der Waals surface area contributed by atoms with Crippen LogP contribution in [0.25, 0.3) is 0 Å². The Bertz CT molecular complexity index is 598. The van der Waals surface area contributed by atoms with Crippen molar-refractivity contribution < 1.29 is 9.13 Å². The average Bonchev–Trinajstić information content (AvgIpc) is 2.49. The van der Waals surface area contributed by atoms with Crippen molar-refractivity contribution in [3.05, 3.63) is 65.0 Å². The maximum atomic E-state index is 13.8. The van der Waals surface area contributed by atoms with Crippen LogP contribution in [0.1, 0.15) is 16.7 Å². The number of hydrogen-bond acceptors (Lipinski definition) is 1. The number of alkyl halides is 1. The SMILES string of the molecule is COc1ccc(CC(CBr)Cc2ccccc2C)cc1F. The van der Waals surface area contributed by atoms with E-state index in [2.05, 4.69) is 47.1 Å².